The molecule has 0 aromatic carbocycles. The predicted octanol–water partition coefficient (Wildman–Crippen LogP) is 1.98. The normalized spacial score (nSPS) is 10.8. The average Bonchev–Trinajstić information content (AvgIpc) is 2.36. The number of aliphatic carboxylic acids is 1. The molecule has 0 saturated carbocycles. The quantitative estimate of drug-likeness (QED) is 0.914. The molecule has 1 rings (SSSR count). The number of aromatic nitrogens is 1. The van der Waals surface area contributed by atoms with Crippen molar-refractivity contribution in [2.75, 3.05) is 6.54 Å². The van der Waals surface area contributed by atoms with E-state index < -0.39 is 11.5 Å². The number of carbonyl (C=O) groups excluding carboxylic acids is 1. The van der Waals surface area contributed by atoms with Crippen molar-refractivity contribution >= 4 is 11.9 Å². The van der Waals surface area contributed by atoms with Crippen molar-refractivity contribution in [1.82, 2.24) is 9.88 Å². The minimum atomic E-state index is -0.957. The van der Waals surface area contributed by atoms with Gasteiger partial charge in [0.05, 0.1) is 17.7 Å². The van der Waals surface area contributed by atoms with E-state index in [1.807, 2.05) is 26.8 Å². The Kier molecular flexibility index (Phi) is 5.03. The molecule has 0 atom stereocenters. The second kappa shape index (κ2) is 6.35. The van der Waals surface area contributed by atoms with Gasteiger partial charge >= 0.3 is 5.97 Å². The monoisotopic (exact) mass is 289 g/mol. The molecule has 1 heterocycles. The van der Waals surface area contributed by atoms with Gasteiger partial charge in [0.2, 0.25) is 0 Å². The van der Waals surface area contributed by atoms with Crippen LogP contribution in [0.4, 0.5) is 0 Å². The zero-order valence-electron chi connectivity index (χ0n) is 12.7. The van der Waals surface area contributed by atoms with Crippen molar-refractivity contribution in [2.45, 2.75) is 39.7 Å². The third-order valence-electron chi connectivity index (χ3n) is 3.03. The van der Waals surface area contributed by atoms with Crippen molar-refractivity contribution in [3.05, 3.63) is 29.1 Å². The van der Waals surface area contributed by atoms with Gasteiger partial charge in [0.1, 0.15) is 11.8 Å². The van der Waals surface area contributed by atoms with E-state index in [0.29, 0.717) is 11.3 Å². The Balaban J connectivity index is 3.08. The summed E-state index contributed by atoms with van der Waals surface area (Å²) in [6, 6.07) is 5.04. The third-order valence-corrected chi connectivity index (χ3v) is 3.03. The summed E-state index contributed by atoms with van der Waals surface area (Å²) in [5.41, 5.74) is 0.595. The topological polar surface area (TPSA) is 94.3 Å². The summed E-state index contributed by atoms with van der Waals surface area (Å²) in [6.07, 6.45) is -0.127. The number of hydrogen-bond acceptors (Lipinski definition) is 4. The Hall–Kier alpha value is -2.42. The Labute approximate surface area is 124 Å². The van der Waals surface area contributed by atoms with Crippen molar-refractivity contribution in [1.29, 1.82) is 5.26 Å². The number of nitrogens with zero attached hydrogens (tertiary/aromatic N) is 3. The van der Waals surface area contributed by atoms with Crippen LogP contribution in [-0.2, 0) is 4.79 Å². The predicted molar refractivity (Wildman–Crippen MR) is 76.7 cm³/mol. The number of rotatable bonds is 4. The molecule has 6 nitrogen and oxygen atoms in total. The van der Waals surface area contributed by atoms with Crippen LogP contribution in [0.3, 0.4) is 0 Å². The molecule has 0 aliphatic rings. The second-order valence-electron chi connectivity index (χ2n) is 5.71. The molecule has 0 radical (unpaired) electrons. The third kappa shape index (κ3) is 4.28. The van der Waals surface area contributed by atoms with E-state index in [1.165, 1.54) is 11.0 Å². The molecule has 1 amide bonds. The smallest absolute Gasteiger partial charge is 0.305 e. The highest BCUT2D eigenvalue weighted by Gasteiger charge is 2.28. The SMILES string of the molecule is Cc1nc(C(=O)N(CCC(=O)O)C(C)(C)C)ccc1C#N. The van der Waals surface area contributed by atoms with Crippen LogP contribution < -0.4 is 0 Å². The molecular weight excluding hydrogens is 270 g/mol. The number of carbonyl (C=O) groups is 2. The molecule has 0 unspecified atom stereocenters. The Morgan fingerprint density at radius 2 is 2.00 bits per heavy atom. The number of hydrogen-bond donors (Lipinski definition) is 1. The lowest BCUT2D eigenvalue weighted by molar-refractivity contribution is -0.137. The fraction of sp³-hybridized carbons (Fsp3) is 0.467. The molecule has 21 heavy (non-hydrogen) atoms. The van der Waals surface area contributed by atoms with Gasteiger partial charge in [-0.1, -0.05) is 0 Å². The number of amides is 1. The Morgan fingerprint density at radius 1 is 1.38 bits per heavy atom. The average molecular weight is 289 g/mol. The van der Waals surface area contributed by atoms with E-state index in [9.17, 15) is 9.59 Å². The highest BCUT2D eigenvalue weighted by atomic mass is 16.4. The van der Waals surface area contributed by atoms with Crippen LogP contribution in [0.5, 0.6) is 0 Å². The first-order valence-corrected chi connectivity index (χ1v) is 6.58. The van der Waals surface area contributed by atoms with Crippen LogP contribution in [0, 0.1) is 18.3 Å². The number of pyridine rings is 1. The van der Waals surface area contributed by atoms with Crippen LogP contribution in [0.15, 0.2) is 12.1 Å². The molecule has 0 aliphatic heterocycles. The van der Waals surface area contributed by atoms with Crippen LogP contribution in [0.2, 0.25) is 0 Å². The molecule has 0 saturated heterocycles. The van der Waals surface area contributed by atoms with E-state index in [4.69, 9.17) is 10.4 Å². The van der Waals surface area contributed by atoms with Gasteiger partial charge in [-0.3, -0.25) is 9.59 Å². The van der Waals surface area contributed by atoms with Crippen molar-refractivity contribution in [3.63, 3.8) is 0 Å². The molecule has 1 N–H and O–H groups in total. The lowest BCUT2D eigenvalue weighted by atomic mass is 10.0. The summed E-state index contributed by atoms with van der Waals surface area (Å²) < 4.78 is 0. The minimum absolute atomic E-state index is 0.110. The first-order chi connectivity index (χ1) is 9.66. The van der Waals surface area contributed by atoms with Gasteiger partial charge in [-0.25, -0.2) is 4.98 Å². The fourth-order valence-electron chi connectivity index (χ4n) is 1.89. The van der Waals surface area contributed by atoms with E-state index in [2.05, 4.69) is 4.98 Å². The van der Waals surface area contributed by atoms with E-state index >= 15 is 0 Å². The zero-order valence-corrected chi connectivity index (χ0v) is 12.7. The first-order valence-electron chi connectivity index (χ1n) is 6.58. The van der Waals surface area contributed by atoms with Crippen molar-refractivity contribution < 1.29 is 14.7 Å². The summed E-state index contributed by atoms with van der Waals surface area (Å²) in [4.78, 5) is 28.9. The molecular formula is C15H19N3O3. The number of nitriles is 1. The zero-order chi connectivity index (χ0) is 16.2. The molecule has 0 fully saturated rings. The van der Waals surface area contributed by atoms with E-state index in [1.54, 1.807) is 13.0 Å². The van der Waals surface area contributed by atoms with Crippen LogP contribution in [0.25, 0.3) is 0 Å². The van der Waals surface area contributed by atoms with E-state index in [-0.39, 0.29) is 24.6 Å². The molecule has 6 heteroatoms. The Bertz CT molecular complexity index is 597. The summed E-state index contributed by atoms with van der Waals surface area (Å²) in [7, 11) is 0. The highest BCUT2D eigenvalue weighted by molar-refractivity contribution is 5.93. The lowest BCUT2D eigenvalue weighted by Gasteiger charge is -2.35. The summed E-state index contributed by atoms with van der Waals surface area (Å²) >= 11 is 0. The van der Waals surface area contributed by atoms with E-state index in [0.717, 1.165) is 0 Å². The largest absolute Gasteiger partial charge is 0.481 e. The van der Waals surface area contributed by atoms with Gasteiger partial charge in [0.15, 0.2) is 0 Å². The van der Waals surface area contributed by atoms with Gasteiger partial charge in [0, 0.05) is 12.1 Å². The lowest BCUT2D eigenvalue weighted by Crippen LogP contribution is -2.47. The van der Waals surface area contributed by atoms with Crippen LogP contribution in [0.1, 0.15) is 48.9 Å². The molecule has 112 valence electrons. The maximum absolute atomic E-state index is 12.5. The van der Waals surface area contributed by atoms with Crippen LogP contribution >= 0.6 is 0 Å². The van der Waals surface area contributed by atoms with Gasteiger partial charge in [0.25, 0.3) is 5.91 Å². The molecule has 0 aliphatic carbocycles. The molecule has 0 spiro atoms. The molecule has 1 aromatic rings. The standard InChI is InChI=1S/C15H19N3O3/c1-10-11(9-16)5-6-12(17-10)14(21)18(15(2,3)4)8-7-13(19)20/h5-6H,7-8H2,1-4H3,(H,19,20). The van der Waals surface area contributed by atoms with Gasteiger partial charge in [-0.2, -0.15) is 5.26 Å². The minimum Gasteiger partial charge on any atom is -0.481 e. The molecule has 1 aromatic heterocycles. The number of aryl methyl sites for hydroxylation is 1. The summed E-state index contributed by atoms with van der Waals surface area (Å²) in [5.74, 6) is -1.29. The summed E-state index contributed by atoms with van der Waals surface area (Å²) in [6.45, 7) is 7.28. The van der Waals surface area contributed by atoms with Gasteiger partial charge < -0.3 is 10.0 Å². The number of carboxylic acids is 1. The first kappa shape index (κ1) is 16.6. The highest BCUT2D eigenvalue weighted by Crippen LogP contribution is 2.18. The number of carboxylic acid groups (broad SMARTS) is 1. The maximum atomic E-state index is 12.5. The van der Waals surface area contributed by atoms with Crippen LogP contribution in [-0.4, -0.2) is 39.0 Å². The maximum Gasteiger partial charge on any atom is 0.305 e. The Morgan fingerprint density at radius 3 is 2.43 bits per heavy atom. The molecule has 0 bridgehead atoms. The van der Waals surface area contributed by atoms with Crippen molar-refractivity contribution in [2.24, 2.45) is 0 Å². The van der Waals surface area contributed by atoms with Gasteiger partial charge in [-0.05, 0) is 39.8 Å². The fourth-order valence-corrected chi connectivity index (χ4v) is 1.89. The summed E-state index contributed by atoms with van der Waals surface area (Å²) in [5, 5.41) is 17.7. The van der Waals surface area contributed by atoms with Crippen molar-refractivity contribution in [3.8, 4) is 6.07 Å². The van der Waals surface area contributed by atoms with Gasteiger partial charge in [-0.15, -0.1) is 0 Å². The second-order valence-corrected chi connectivity index (χ2v) is 5.71.